The van der Waals surface area contributed by atoms with Crippen molar-refractivity contribution in [1.82, 2.24) is 4.98 Å². The lowest BCUT2D eigenvalue weighted by Crippen LogP contribution is -3.27. The topological polar surface area (TPSA) is 45.6 Å². The number of halogens is 1. The highest BCUT2D eigenvalue weighted by molar-refractivity contribution is 7.13. The zero-order valence-corrected chi connectivity index (χ0v) is 17.2. The van der Waals surface area contributed by atoms with Gasteiger partial charge < -0.3 is 9.80 Å². The molecule has 142 valence electrons. The number of nitrogens with zero attached hydrogens (tertiary/aromatic N) is 2. The van der Waals surface area contributed by atoms with Gasteiger partial charge in [-0.05, 0) is 18.2 Å². The standard InChI is InChI=1S/C22H21ClN4S/c23-21-4-2-1-3-20(21)22-25-19(16-28-22)15-27-11-9-26(10-12-27)14-18-7-5-17(13-24)6-8-18/h1-8,16H,9-12,14-15H2/p+2. The van der Waals surface area contributed by atoms with Crippen LogP contribution in [0.2, 0.25) is 5.02 Å². The summed E-state index contributed by atoms with van der Waals surface area (Å²) in [6.07, 6.45) is 0. The predicted octanol–water partition coefficient (Wildman–Crippen LogP) is 1.82. The van der Waals surface area contributed by atoms with E-state index in [1.807, 2.05) is 36.4 Å². The zero-order valence-electron chi connectivity index (χ0n) is 15.6. The van der Waals surface area contributed by atoms with E-state index in [-0.39, 0.29) is 0 Å². The average Bonchev–Trinajstić information content (AvgIpc) is 3.18. The first-order valence-electron chi connectivity index (χ1n) is 9.57. The number of quaternary nitrogens is 2. The summed E-state index contributed by atoms with van der Waals surface area (Å²) < 4.78 is 0. The highest BCUT2D eigenvalue weighted by atomic mass is 35.5. The molecule has 1 saturated heterocycles. The first-order valence-corrected chi connectivity index (χ1v) is 10.8. The van der Waals surface area contributed by atoms with Gasteiger partial charge in [0.2, 0.25) is 0 Å². The lowest BCUT2D eigenvalue weighted by atomic mass is 10.1. The lowest BCUT2D eigenvalue weighted by Gasteiger charge is -2.29. The number of nitrogens with one attached hydrogen (secondary N) is 2. The highest BCUT2D eigenvalue weighted by Gasteiger charge is 2.24. The quantitative estimate of drug-likeness (QED) is 0.674. The van der Waals surface area contributed by atoms with Gasteiger partial charge in [0.05, 0.1) is 16.7 Å². The van der Waals surface area contributed by atoms with Gasteiger partial charge in [-0.1, -0.05) is 41.9 Å². The molecule has 6 heteroatoms. The van der Waals surface area contributed by atoms with Crippen LogP contribution in [-0.4, -0.2) is 31.2 Å². The fraction of sp³-hybridized carbons (Fsp3) is 0.273. The van der Waals surface area contributed by atoms with Gasteiger partial charge in [-0.3, -0.25) is 0 Å². The van der Waals surface area contributed by atoms with Crippen molar-refractivity contribution in [3.63, 3.8) is 0 Å². The summed E-state index contributed by atoms with van der Waals surface area (Å²) in [5.74, 6) is 0. The molecule has 0 amide bonds. The Morgan fingerprint density at radius 2 is 1.64 bits per heavy atom. The number of hydrogen-bond donors (Lipinski definition) is 2. The summed E-state index contributed by atoms with van der Waals surface area (Å²) in [5.41, 5.74) is 4.21. The van der Waals surface area contributed by atoms with Gasteiger partial charge in [-0.25, -0.2) is 4.98 Å². The fourth-order valence-electron chi connectivity index (χ4n) is 3.70. The van der Waals surface area contributed by atoms with Crippen LogP contribution in [0.3, 0.4) is 0 Å². The molecule has 0 spiro atoms. The van der Waals surface area contributed by atoms with Crippen molar-refractivity contribution in [3.05, 3.63) is 75.8 Å². The maximum absolute atomic E-state index is 8.91. The second-order valence-electron chi connectivity index (χ2n) is 7.29. The first-order chi connectivity index (χ1) is 13.7. The molecule has 0 bridgehead atoms. The molecule has 0 radical (unpaired) electrons. The molecular formula is C22H23ClN4S+2. The van der Waals surface area contributed by atoms with Crippen LogP contribution in [0.4, 0.5) is 0 Å². The Balaban J connectivity index is 1.30. The van der Waals surface area contributed by atoms with Crippen molar-refractivity contribution < 1.29 is 9.80 Å². The monoisotopic (exact) mass is 410 g/mol. The Labute approximate surface area is 174 Å². The third-order valence-corrected chi connectivity index (χ3v) is 6.54. The van der Waals surface area contributed by atoms with Gasteiger partial charge in [-0.15, -0.1) is 11.3 Å². The van der Waals surface area contributed by atoms with Crippen LogP contribution < -0.4 is 9.80 Å². The SMILES string of the molecule is N#Cc1ccc(C[NH+]2CC[NH+](Cc3csc(-c4ccccc4Cl)n3)CC2)cc1. The molecule has 4 rings (SSSR count). The van der Waals surface area contributed by atoms with Gasteiger partial charge >= 0.3 is 0 Å². The van der Waals surface area contributed by atoms with Crippen LogP contribution in [0, 0.1) is 11.3 Å². The van der Waals surface area contributed by atoms with E-state index < -0.39 is 0 Å². The van der Waals surface area contributed by atoms with E-state index in [0.717, 1.165) is 66.1 Å². The smallest absolute Gasteiger partial charge is 0.127 e. The average molecular weight is 411 g/mol. The van der Waals surface area contributed by atoms with Gasteiger partial charge in [0.1, 0.15) is 50.0 Å². The normalized spacial score (nSPS) is 19.3. The molecule has 1 aliphatic heterocycles. The molecule has 0 saturated carbocycles. The molecule has 2 heterocycles. The minimum Gasteiger partial charge on any atom is -0.322 e. The number of thiazole rings is 1. The molecule has 0 unspecified atom stereocenters. The maximum Gasteiger partial charge on any atom is 0.127 e. The van der Waals surface area contributed by atoms with E-state index in [4.69, 9.17) is 21.8 Å². The van der Waals surface area contributed by atoms with Gasteiger partial charge in [0.25, 0.3) is 0 Å². The zero-order chi connectivity index (χ0) is 19.3. The molecule has 1 fully saturated rings. The molecule has 3 aromatic rings. The van der Waals surface area contributed by atoms with E-state index in [9.17, 15) is 0 Å². The van der Waals surface area contributed by atoms with E-state index in [2.05, 4.69) is 23.6 Å². The van der Waals surface area contributed by atoms with Crippen molar-refractivity contribution in [2.24, 2.45) is 0 Å². The second-order valence-corrected chi connectivity index (χ2v) is 8.55. The Morgan fingerprint density at radius 3 is 2.32 bits per heavy atom. The minimum atomic E-state index is 0.729. The van der Waals surface area contributed by atoms with Gasteiger partial charge in [-0.2, -0.15) is 5.26 Å². The summed E-state index contributed by atoms with van der Waals surface area (Å²) in [4.78, 5) is 8.03. The third kappa shape index (κ3) is 4.60. The van der Waals surface area contributed by atoms with Crippen molar-refractivity contribution in [2.45, 2.75) is 13.1 Å². The van der Waals surface area contributed by atoms with Crippen LogP contribution in [0.15, 0.2) is 53.9 Å². The van der Waals surface area contributed by atoms with E-state index in [1.165, 1.54) is 5.56 Å². The number of hydrogen-bond acceptors (Lipinski definition) is 3. The van der Waals surface area contributed by atoms with Crippen LogP contribution in [-0.2, 0) is 13.1 Å². The Hall–Kier alpha value is -2.23. The molecule has 1 aliphatic rings. The maximum atomic E-state index is 8.91. The minimum absolute atomic E-state index is 0.729. The lowest BCUT2D eigenvalue weighted by molar-refractivity contribution is -1.02. The molecular weight excluding hydrogens is 388 g/mol. The number of piperazine rings is 1. The summed E-state index contributed by atoms with van der Waals surface area (Å²) in [7, 11) is 0. The summed E-state index contributed by atoms with van der Waals surface area (Å²) >= 11 is 7.98. The van der Waals surface area contributed by atoms with Crippen molar-refractivity contribution in [3.8, 4) is 16.6 Å². The number of aromatic nitrogens is 1. The Bertz CT molecular complexity index is 969. The first kappa shape index (κ1) is 19.1. The molecule has 0 aliphatic carbocycles. The van der Waals surface area contributed by atoms with Crippen LogP contribution in [0.25, 0.3) is 10.6 Å². The molecule has 0 atom stereocenters. The summed E-state index contributed by atoms with van der Waals surface area (Å²) in [6.45, 7) is 6.65. The third-order valence-electron chi connectivity index (χ3n) is 5.29. The highest BCUT2D eigenvalue weighted by Crippen LogP contribution is 2.29. The number of nitriles is 1. The van der Waals surface area contributed by atoms with Gasteiger partial charge in [0, 0.05) is 16.5 Å². The Morgan fingerprint density at radius 1 is 0.964 bits per heavy atom. The molecule has 4 nitrogen and oxygen atoms in total. The Kier molecular flexibility index (Phi) is 6.04. The van der Waals surface area contributed by atoms with E-state index in [1.54, 1.807) is 21.1 Å². The fourth-order valence-corrected chi connectivity index (χ4v) is 4.84. The second kappa shape index (κ2) is 8.85. The molecule has 2 N–H and O–H groups in total. The number of rotatable bonds is 5. The van der Waals surface area contributed by atoms with Crippen LogP contribution >= 0.6 is 22.9 Å². The van der Waals surface area contributed by atoms with Crippen LogP contribution in [0.5, 0.6) is 0 Å². The molecule has 1 aromatic heterocycles. The van der Waals surface area contributed by atoms with Crippen molar-refractivity contribution >= 4 is 22.9 Å². The van der Waals surface area contributed by atoms with Crippen LogP contribution in [0.1, 0.15) is 16.8 Å². The molecule has 28 heavy (non-hydrogen) atoms. The van der Waals surface area contributed by atoms with Crippen molar-refractivity contribution in [1.29, 1.82) is 5.26 Å². The largest absolute Gasteiger partial charge is 0.322 e. The number of benzene rings is 2. The van der Waals surface area contributed by atoms with E-state index >= 15 is 0 Å². The van der Waals surface area contributed by atoms with Crippen molar-refractivity contribution in [2.75, 3.05) is 26.2 Å². The predicted molar refractivity (Wildman–Crippen MR) is 113 cm³/mol. The van der Waals surface area contributed by atoms with E-state index in [0.29, 0.717) is 0 Å². The summed E-state index contributed by atoms with van der Waals surface area (Å²) in [6, 6.07) is 18.1. The van der Waals surface area contributed by atoms with Gasteiger partial charge in [0.15, 0.2) is 0 Å². The molecule has 2 aromatic carbocycles. The summed E-state index contributed by atoms with van der Waals surface area (Å²) in [5, 5.41) is 12.8.